The molecule has 0 aliphatic rings. The van der Waals surface area contributed by atoms with Crippen LogP contribution in [-0.4, -0.2) is 31.5 Å². The SMILES string of the molecule is COC[C@H](O)COc1cc(C#N)ccc1Br. The molecular weight excluding hydrogens is 274 g/mol. The van der Waals surface area contributed by atoms with Gasteiger partial charge in [0.1, 0.15) is 18.5 Å². The fraction of sp³-hybridized carbons (Fsp3) is 0.364. The summed E-state index contributed by atoms with van der Waals surface area (Å²) in [5, 5.41) is 18.1. The molecule has 16 heavy (non-hydrogen) atoms. The second-order valence-corrected chi connectivity index (χ2v) is 4.03. The zero-order valence-electron chi connectivity index (χ0n) is 8.81. The zero-order chi connectivity index (χ0) is 12.0. The van der Waals surface area contributed by atoms with Gasteiger partial charge in [-0.25, -0.2) is 0 Å². The second-order valence-electron chi connectivity index (χ2n) is 3.18. The topological polar surface area (TPSA) is 62.5 Å². The third kappa shape index (κ3) is 3.81. The Balaban J connectivity index is 2.63. The number of aliphatic hydroxyl groups excluding tert-OH is 1. The van der Waals surface area contributed by atoms with Crippen LogP contribution in [0.5, 0.6) is 5.75 Å². The number of rotatable bonds is 5. The zero-order valence-corrected chi connectivity index (χ0v) is 10.4. The maximum absolute atomic E-state index is 9.40. The molecule has 0 unspecified atom stereocenters. The molecule has 0 saturated carbocycles. The lowest BCUT2D eigenvalue weighted by molar-refractivity contribution is 0.0323. The average Bonchev–Trinajstić information content (AvgIpc) is 2.28. The number of benzene rings is 1. The smallest absolute Gasteiger partial charge is 0.134 e. The molecule has 1 aromatic rings. The lowest BCUT2D eigenvalue weighted by Crippen LogP contribution is -2.22. The van der Waals surface area contributed by atoms with Crippen molar-refractivity contribution < 1.29 is 14.6 Å². The molecule has 0 amide bonds. The van der Waals surface area contributed by atoms with Crippen molar-refractivity contribution in [3.8, 4) is 11.8 Å². The second kappa shape index (κ2) is 6.48. The molecule has 0 aromatic heterocycles. The summed E-state index contributed by atoms with van der Waals surface area (Å²) in [6.07, 6.45) is -0.678. The number of ether oxygens (including phenoxy) is 2. The summed E-state index contributed by atoms with van der Waals surface area (Å²) in [4.78, 5) is 0. The quantitative estimate of drug-likeness (QED) is 0.895. The van der Waals surface area contributed by atoms with Crippen LogP contribution < -0.4 is 4.74 Å². The molecule has 86 valence electrons. The molecule has 1 N–H and O–H groups in total. The van der Waals surface area contributed by atoms with Crippen LogP contribution in [0, 0.1) is 11.3 Å². The predicted molar refractivity (Wildman–Crippen MR) is 62.2 cm³/mol. The minimum atomic E-state index is -0.678. The molecule has 0 aliphatic carbocycles. The molecular formula is C11H12BrNO3. The van der Waals surface area contributed by atoms with E-state index in [2.05, 4.69) is 15.9 Å². The van der Waals surface area contributed by atoms with E-state index >= 15 is 0 Å². The number of aliphatic hydroxyl groups is 1. The van der Waals surface area contributed by atoms with Gasteiger partial charge in [0.25, 0.3) is 0 Å². The molecule has 0 spiro atoms. The van der Waals surface area contributed by atoms with Gasteiger partial charge in [0, 0.05) is 7.11 Å². The summed E-state index contributed by atoms with van der Waals surface area (Å²) in [7, 11) is 1.51. The number of methoxy groups -OCH3 is 1. The van der Waals surface area contributed by atoms with E-state index in [1.54, 1.807) is 18.2 Å². The molecule has 0 aliphatic heterocycles. The Morgan fingerprint density at radius 1 is 1.50 bits per heavy atom. The number of hydrogen-bond acceptors (Lipinski definition) is 4. The summed E-state index contributed by atoms with van der Waals surface area (Å²) in [5.41, 5.74) is 0.513. The summed E-state index contributed by atoms with van der Waals surface area (Å²) < 4.78 is 10.9. The molecule has 0 saturated heterocycles. The largest absolute Gasteiger partial charge is 0.490 e. The van der Waals surface area contributed by atoms with Crippen LogP contribution in [0.3, 0.4) is 0 Å². The highest BCUT2D eigenvalue weighted by atomic mass is 79.9. The van der Waals surface area contributed by atoms with Gasteiger partial charge in [-0.2, -0.15) is 5.26 Å². The Kier molecular flexibility index (Phi) is 5.26. The molecule has 0 radical (unpaired) electrons. The van der Waals surface area contributed by atoms with Gasteiger partial charge in [-0.05, 0) is 34.1 Å². The van der Waals surface area contributed by atoms with E-state index in [0.29, 0.717) is 11.3 Å². The van der Waals surface area contributed by atoms with Crippen molar-refractivity contribution in [3.05, 3.63) is 28.2 Å². The van der Waals surface area contributed by atoms with Crippen molar-refractivity contribution in [1.29, 1.82) is 5.26 Å². The number of nitrogens with zero attached hydrogens (tertiary/aromatic N) is 1. The summed E-state index contributed by atoms with van der Waals surface area (Å²) in [6, 6.07) is 7.05. The fourth-order valence-corrected chi connectivity index (χ4v) is 1.47. The van der Waals surface area contributed by atoms with E-state index in [1.807, 2.05) is 6.07 Å². The lowest BCUT2D eigenvalue weighted by Gasteiger charge is -2.12. The van der Waals surface area contributed by atoms with Crippen LogP contribution in [0.15, 0.2) is 22.7 Å². The molecule has 1 atom stereocenters. The van der Waals surface area contributed by atoms with Gasteiger partial charge in [-0.15, -0.1) is 0 Å². The first kappa shape index (κ1) is 13.0. The van der Waals surface area contributed by atoms with E-state index in [0.717, 1.165) is 4.47 Å². The lowest BCUT2D eigenvalue weighted by atomic mass is 10.2. The van der Waals surface area contributed by atoms with Crippen molar-refractivity contribution in [2.24, 2.45) is 0 Å². The highest BCUT2D eigenvalue weighted by Gasteiger charge is 2.07. The van der Waals surface area contributed by atoms with Crippen molar-refractivity contribution in [2.75, 3.05) is 20.3 Å². The van der Waals surface area contributed by atoms with Crippen molar-refractivity contribution >= 4 is 15.9 Å². The van der Waals surface area contributed by atoms with Crippen LogP contribution in [0.4, 0.5) is 0 Å². The maximum Gasteiger partial charge on any atom is 0.134 e. The van der Waals surface area contributed by atoms with Gasteiger partial charge >= 0.3 is 0 Å². The van der Waals surface area contributed by atoms with Crippen molar-refractivity contribution in [3.63, 3.8) is 0 Å². The number of nitriles is 1. The van der Waals surface area contributed by atoms with E-state index in [4.69, 9.17) is 14.7 Å². The minimum Gasteiger partial charge on any atom is -0.490 e. The Labute approximate surface area is 103 Å². The molecule has 0 heterocycles. The van der Waals surface area contributed by atoms with Crippen LogP contribution in [0.2, 0.25) is 0 Å². The minimum absolute atomic E-state index is 0.126. The summed E-state index contributed by atoms with van der Waals surface area (Å²) in [5.74, 6) is 0.536. The molecule has 4 nitrogen and oxygen atoms in total. The van der Waals surface area contributed by atoms with Crippen molar-refractivity contribution in [1.82, 2.24) is 0 Å². The molecule has 1 aromatic carbocycles. The highest BCUT2D eigenvalue weighted by Crippen LogP contribution is 2.25. The third-order valence-electron chi connectivity index (χ3n) is 1.85. The van der Waals surface area contributed by atoms with Gasteiger partial charge in [0.2, 0.25) is 0 Å². The Hall–Kier alpha value is -1.09. The number of halogens is 1. The van der Waals surface area contributed by atoms with E-state index < -0.39 is 6.10 Å². The number of hydrogen-bond donors (Lipinski definition) is 1. The Bertz CT molecular complexity index is 389. The van der Waals surface area contributed by atoms with E-state index in [-0.39, 0.29) is 13.2 Å². The van der Waals surface area contributed by atoms with Gasteiger partial charge in [-0.1, -0.05) is 0 Å². The molecule has 0 bridgehead atoms. The molecule has 0 fully saturated rings. The van der Waals surface area contributed by atoms with Gasteiger partial charge in [-0.3, -0.25) is 0 Å². The van der Waals surface area contributed by atoms with Crippen LogP contribution in [0.25, 0.3) is 0 Å². The van der Waals surface area contributed by atoms with Gasteiger partial charge in [0.15, 0.2) is 0 Å². The highest BCUT2D eigenvalue weighted by molar-refractivity contribution is 9.10. The Morgan fingerprint density at radius 3 is 2.88 bits per heavy atom. The standard InChI is InChI=1S/C11H12BrNO3/c1-15-6-9(14)7-16-11-4-8(5-13)2-3-10(11)12/h2-4,9,14H,6-7H2,1H3/t9-/m0/s1. The van der Waals surface area contributed by atoms with E-state index in [9.17, 15) is 5.11 Å². The summed E-state index contributed by atoms with van der Waals surface area (Å²) in [6.45, 7) is 0.344. The fourth-order valence-electron chi connectivity index (χ4n) is 1.11. The van der Waals surface area contributed by atoms with Gasteiger partial charge < -0.3 is 14.6 Å². The maximum atomic E-state index is 9.40. The normalized spacial score (nSPS) is 11.9. The molecule has 5 heteroatoms. The third-order valence-corrected chi connectivity index (χ3v) is 2.51. The van der Waals surface area contributed by atoms with Crippen LogP contribution in [-0.2, 0) is 4.74 Å². The van der Waals surface area contributed by atoms with Crippen molar-refractivity contribution in [2.45, 2.75) is 6.10 Å². The first-order valence-corrected chi connectivity index (χ1v) is 5.46. The monoisotopic (exact) mass is 285 g/mol. The molecule has 1 rings (SSSR count). The van der Waals surface area contributed by atoms with E-state index in [1.165, 1.54) is 7.11 Å². The average molecular weight is 286 g/mol. The predicted octanol–water partition coefficient (Wildman–Crippen LogP) is 1.71. The summed E-state index contributed by atoms with van der Waals surface area (Å²) >= 11 is 3.30. The van der Waals surface area contributed by atoms with Crippen LogP contribution >= 0.6 is 15.9 Å². The first-order valence-electron chi connectivity index (χ1n) is 4.67. The van der Waals surface area contributed by atoms with Crippen LogP contribution in [0.1, 0.15) is 5.56 Å². The van der Waals surface area contributed by atoms with Gasteiger partial charge in [0.05, 0.1) is 22.7 Å². The first-order chi connectivity index (χ1) is 7.67. The Morgan fingerprint density at radius 2 is 2.25 bits per heavy atom.